The van der Waals surface area contributed by atoms with E-state index in [0.29, 0.717) is 11.3 Å². The summed E-state index contributed by atoms with van der Waals surface area (Å²) in [5, 5.41) is 19.4. The summed E-state index contributed by atoms with van der Waals surface area (Å²) in [5.41, 5.74) is 3.33. The molecule has 3 rings (SSSR count). The average Bonchev–Trinajstić information content (AvgIpc) is 2.81. The quantitative estimate of drug-likeness (QED) is 0.201. The standard InChI is InChI=1S/C22H16BrN5O5/c23-15-7-9-16(10-8-15)25-20(29)18-3-1-2-4-19(18)26-21(30)22(31)27-24-13-14-5-11-17(12-6-14)28(32)33/h1-13H,(H,25,29)(H,26,30)(H,27,31). The van der Waals surface area contributed by atoms with Crippen LogP contribution < -0.4 is 16.1 Å². The molecule has 0 saturated carbocycles. The normalized spacial score (nSPS) is 10.5. The molecule has 0 bridgehead atoms. The van der Waals surface area contributed by atoms with Gasteiger partial charge in [0.1, 0.15) is 0 Å². The molecular formula is C22H16BrN5O5. The van der Waals surface area contributed by atoms with Crippen molar-refractivity contribution in [1.29, 1.82) is 0 Å². The van der Waals surface area contributed by atoms with Crippen molar-refractivity contribution >= 4 is 56.9 Å². The summed E-state index contributed by atoms with van der Waals surface area (Å²) in [6.07, 6.45) is 1.23. The summed E-state index contributed by atoms with van der Waals surface area (Å²) in [4.78, 5) is 47.0. The van der Waals surface area contributed by atoms with Gasteiger partial charge in [-0.25, -0.2) is 5.43 Å². The summed E-state index contributed by atoms with van der Waals surface area (Å²) in [6, 6.07) is 18.6. The molecule has 0 aliphatic heterocycles. The van der Waals surface area contributed by atoms with E-state index in [2.05, 4.69) is 37.1 Å². The largest absolute Gasteiger partial charge is 0.329 e. The molecule has 0 aromatic heterocycles. The summed E-state index contributed by atoms with van der Waals surface area (Å²) in [5.74, 6) is -2.55. The van der Waals surface area contributed by atoms with E-state index in [4.69, 9.17) is 0 Å². The Hall–Kier alpha value is -4.38. The molecular weight excluding hydrogens is 494 g/mol. The number of benzene rings is 3. The molecule has 0 spiro atoms. The maximum Gasteiger partial charge on any atom is 0.329 e. The van der Waals surface area contributed by atoms with Gasteiger partial charge in [0.05, 0.1) is 22.4 Å². The number of anilines is 2. The van der Waals surface area contributed by atoms with Gasteiger partial charge >= 0.3 is 11.8 Å². The smallest absolute Gasteiger partial charge is 0.322 e. The Morgan fingerprint density at radius 3 is 2.21 bits per heavy atom. The van der Waals surface area contributed by atoms with Crippen LogP contribution >= 0.6 is 15.9 Å². The van der Waals surface area contributed by atoms with Gasteiger partial charge in [-0.1, -0.05) is 28.1 Å². The fourth-order valence-electron chi connectivity index (χ4n) is 2.60. The number of hydrazone groups is 1. The van der Waals surface area contributed by atoms with Gasteiger partial charge in [-0.3, -0.25) is 24.5 Å². The maximum atomic E-state index is 12.6. The number of para-hydroxylation sites is 1. The number of nitro benzene ring substituents is 1. The molecule has 0 aliphatic rings. The highest BCUT2D eigenvalue weighted by Crippen LogP contribution is 2.19. The molecule has 3 N–H and O–H groups in total. The highest BCUT2D eigenvalue weighted by molar-refractivity contribution is 9.10. The minimum absolute atomic E-state index is 0.0848. The zero-order valence-electron chi connectivity index (χ0n) is 16.8. The Morgan fingerprint density at radius 1 is 0.879 bits per heavy atom. The van der Waals surface area contributed by atoms with E-state index in [9.17, 15) is 24.5 Å². The molecule has 0 aliphatic carbocycles. The van der Waals surface area contributed by atoms with Gasteiger partial charge in [-0.15, -0.1) is 0 Å². The molecule has 0 unspecified atom stereocenters. The molecule has 33 heavy (non-hydrogen) atoms. The molecule has 3 aromatic carbocycles. The number of nitrogens with one attached hydrogen (secondary N) is 3. The number of halogens is 1. The van der Waals surface area contributed by atoms with Crippen LogP contribution in [0.4, 0.5) is 17.1 Å². The van der Waals surface area contributed by atoms with Gasteiger partial charge in [0.2, 0.25) is 0 Å². The van der Waals surface area contributed by atoms with E-state index in [0.717, 1.165) is 4.47 Å². The van der Waals surface area contributed by atoms with E-state index in [-0.39, 0.29) is 16.9 Å². The van der Waals surface area contributed by atoms with Gasteiger partial charge in [-0.2, -0.15) is 5.10 Å². The summed E-state index contributed by atoms with van der Waals surface area (Å²) in [6.45, 7) is 0. The minimum atomic E-state index is -1.06. The van der Waals surface area contributed by atoms with Crippen molar-refractivity contribution in [2.45, 2.75) is 0 Å². The average molecular weight is 510 g/mol. The van der Waals surface area contributed by atoms with Gasteiger partial charge in [0, 0.05) is 22.3 Å². The minimum Gasteiger partial charge on any atom is -0.322 e. The maximum absolute atomic E-state index is 12.6. The Labute approximate surface area is 196 Å². The third-order valence-electron chi connectivity index (χ3n) is 4.21. The number of amides is 3. The molecule has 166 valence electrons. The molecule has 3 amide bonds. The van der Waals surface area contributed by atoms with Gasteiger partial charge < -0.3 is 10.6 Å². The number of carbonyl (C=O) groups excluding carboxylic acids is 3. The number of nitro groups is 1. The number of hydrogen-bond acceptors (Lipinski definition) is 6. The first-order valence-electron chi connectivity index (χ1n) is 9.38. The summed E-state index contributed by atoms with van der Waals surface area (Å²) >= 11 is 3.32. The first-order chi connectivity index (χ1) is 15.8. The van der Waals surface area contributed by atoms with Gasteiger partial charge in [0.25, 0.3) is 11.6 Å². The van der Waals surface area contributed by atoms with E-state index in [1.807, 2.05) is 0 Å². The van der Waals surface area contributed by atoms with Crippen LogP contribution in [0.5, 0.6) is 0 Å². The van der Waals surface area contributed by atoms with Crippen LogP contribution in [0, 0.1) is 10.1 Å². The molecule has 0 saturated heterocycles. The molecule has 0 heterocycles. The highest BCUT2D eigenvalue weighted by Gasteiger charge is 2.17. The van der Waals surface area contributed by atoms with Gasteiger partial charge in [-0.05, 0) is 54.1 Å². The van der Waals surface area contributed by atoms with Crippen molar-refractivity contribution in [1.82, 2.24) is 5.43 Å². The van der Waals surface area contributed by atoms with Crippen molar-refractivity contribution in [2.24, 2.45) is 5.10 Å². The van der Waals surface area contributed by atoms with Crippen LogP contribution in [0.25, 0.3) is 0 Å². The van der Waals surface area contributed by atoms with Crippen LogP contribution in [0.15, 0.2) is 82.4 Å². The number of carbonyl (C=O) groups is 3. The zero-order chi connectivity index (χ0) is 23.8. The highest BCUT2D eigenvalue weighted by atomic mass is 79.9. The van der Waals surface area contributed by atoms with Crippen LogP contribution in [-0.4, -0.2) is 28.9 Å². The monoisotopic (exact) mass is 509 g/mol. The third kappa shape index (κ3) is 6.55. The first kappa shape index (κ1) is 23.3. The molecule has 3 aromatic rings. The Morgan fingerprint density at radius 2 is 1.55 bits per heavy atom. The molecule has 11 heteroatoms. The van der Waals surface area contributed by atoms with Crippen molar-refractivity contribution in [3.63, 3.8) is 0 Å². The lowest BCUT2D eigenvalue weighted by molar-refractivity contribution is -0.384. The van der Waals surface area contributed by atoms with E-state index in [1.165, 1.54) is 42.6 Å². The fourth-order valence-corrected chi connectivity index (χ4v) is 2.86. The van der Waals surface area contributed by atoms with Crippen LogP contribution in [-0.2, 0) is 9.59 Å². The van der Waals surface area contributed by atoms with Crippen LogP contribution in [0.1, 0.15) is 15.9 Å². The molecule has 0 fully saturated rings. The van der Waals surface area contributed by atoms with E-state index in [1.54, 1.807) is 36.4 Å². The Bertz CT molecular complexity index is 1230. The van der Waals surface area contributed by atoms with Crippen molar-refractivity contribution < 1.29 is 19.3 Å². The predicted molar refractivity (Wildman–Crippen MR) is 126 cm³/mol. The van der Waals surface area contributed by atoms with E-state index >= 15 is 0 Å². The number of hydrogen-bond donors (Lipinski definition) is 3. The van der Waals surface area contributed by atoms with Crippen molar-refractivity contribution in [2.75, 3.05) is 10.6 Å². The second-order valence-electron chi connectivity index (χ2n) is 6.51. The lowest BCUT2D eigenvalue weighted by Gasteiger charge is -2.11. The number of nitrogens with zero attached hydrogens (tertiary/aromatic N) is 2. The first-order valence-corrected chi connectivity index (χ1v) is 10.2. The summed E-state index contributed by atoms with van der Waals surface area (Å²) < 4.78 is 0.857. The number of non-ortho nitro benzene ring substituents is 1. The van der Waals surface area contributed by atoms with Gasteiger partial charge in [0.15, 0.2) is 0 Å². The predicted octanol–water partition coefficient (Wildman–Crippen LogP) is 3.70. The van der Waals surface area contributed by atoms with E-state index < -0.39 is 22.6 Å². The molecule has 0 radical (unpaired) electrons. The van der Waals surface area contributed by atoms with Crippen molar-refractivity contribution in [3.05, 3.63) is 98.5 Å². The Balaban J connectivity index is 1.61. The lowest BCUT2D eigenvalue weighted by Crippen LogP contribution is -2.33. The second-order valence-corrected chi connectivity index (χ2v) is 7.42. The molecule has 10 nitrogen and oxygen atoms in total. The SMILES string of the molecule is O=C(NN=Cc1ccc([N+](=O)[O-])cc1)C(=O)Nc1ccccc1C(=O)Nc1ccc(Br)cc1. The Kier molecular flexibility index (Phi) is 7.60. The van der Waals surface area contributed by atoms with Crippen molar-refractivity contribution in [3.8, 4) is 0 Å². The molecule has 0 atom stereocenters. The zero-order valence-corrected chi connectivity index (χ0v) is 18.4. The van der Waals surface area contributed by atoms with Crippen LogP contribution in [0.3, 0.4) is 0 Å². The topological polar surface area (TPSA) is 143 Å². The summed E-state index contributed by atoms with van der Waals surface area (Å²) in [7, 11) is 0. The second kappa shape index (κ2) is 10.8. The lowest BCUT2D eigenvalue weighted by atomic mass is 10.1. The number of rotatable bonds is 6. The third-order valence-corrected chi connectivity index (χ3v) is 4.74. The fraction of sp³-hybridized carbons (Fsp3) is 0. The van der Waals surface area contributed by atoms with Crippen LogP contribution in [0.2, 0.25) is 0 Å².